The highest BCUT2D eigenvalue weighted by molar-refractivity contribution is 5.93. The van der Waals surface area contributed by atoms with E-state index in [2.05, 4.69) is 27.1 Å². The molecule has 0 aliphatic heterocycles. The fraction of sp³-hybridized carbons (Fsp3) is 0.368. The molecule has 142 valence electrons. The fourth-order valence-corrected chi connectivity index (χ4v) is 2.80. The van der Waals surface area contributed by atoms with Gasteiger partial charge in [-0.1, -0.05) is 6.07 Å². The number of rotatable bonds is 7. The lowest BCUT2D eigenvalue weighted by molar-refractivity contribution is -0.116. The molecule has 0 unspecified atom stereocenters. The third kappa shape index (κ3) is 5.57. The Balaban J connectivity index is 1.95. The Morgan fingerprint density at radius 2 is 1.93 bits per heavy atom. The maximum atomic E-state index is 12.3. The highest BCUT2D eigenvalue weighted by Crippen LogP contribution is 2.18. The van der Waals surface area contributed by atoms with E-state index in [9.17, 15) is 9.59 Å². The minimum atomic E-state index is -0.321. The number of amides is 3. The second-order valence-corrected chi connectivity index (χ2v) is 6.11. The van der Waals surface area contributed by atoms with Crippen LogP contribution < -0.4 is 16.0 Å². The molecule has 0 saturated carbocycles. The van der Waals surface area contributed by atoms with Crippen molar-refractivity contribution in [2.75, 3.05) is 17.7 Å². The summed E-state index contributed by atoms with van der Waals surface area (Å²) in [6.45, 7) is 4.43. The average Bonchev–Trinajstić information content (AvgIpc) is 2.91. The number of nitrogens with zero attached hydrogens (tertiary/aromatic N) is 3. The molecule has 0 fully saturated rings. The van der Waals surface area contributed by atoms with Gasteiger partial charge in [0.25, 0.3) is 0 Å². The first-order valence-corrected chi connectivity index (χ1v) is 8.73. The number of carbonyl (C=O) groups excluding carboxylic acids is 2. The molecule has 8 heteroatoms. The largest absolute Gasteiger partial charge is 0.341 e. The molecule has 0 aliphatic rings. The van der Waals surface area contributed by atoms with E-state index in [0.717, 1.165) is 17.0 Å². The Morgan fingerprint density at radius 3 is 2.59 bits per heavy atom. The van der Waals surface area contributed by atoms with Crippen LogP contribution in [-0.4, -0.2) is 28.8 Å². The van der Waals surface area contributed by atoms with E-state index in [4.69, 9.17) is 5.26 Å². The molecule has 0 bridgehead atoms. The number of nitrogens with one attached hydrogen (secondary N) is 3. The van der Waals surface area contributed by atoms with Gasteiger partial charge in [-0.2, -0.15) is 10.4 Å². The second kappa shape index (κ2) is 9.38. The Hall–Kier alpha value is -3.34. The van der Waals surface area contributed by atoms with Gasteiger partial charge >= 0.3 is 6.03 Å². The van der Waals surface area contributed by atoms with Crippen molar-refractivity contribution < 1.29 is 9.59 Å². The van der Waals surface area contributed by atoms with Crippen LogP contribution in [0, 0.1) is 25.2 Å². The number of hydrogen-bond acceptors (Lipinski definition) is 4. The molecule has 1 aromatic carbocycles. The quantitative estimate of drug-likeness (QED) is 0.697. The summed E-state index contributed by atoms with van der Waals surface area (Å²) in [6.07, 6.45) is 1.30. The van der Waals surface area contributed by atoms with Crippen LogP contribution in [0.15, 0.2) is 24.3 Å². The Labute approximate surface area is 158 Å². The topological polar surface area (TPSA) is 112 Å². The number of aryl methyl sites for hydroxylation is 2. The highest BCUT2D eigenvalue weighted by atomic mass is 16.2. The van der Waals surface area contributed by atoms with Crippen molar-refractivity contribution in [1.82, 2.24) is 15.1 Å². The van der Waals surface area contributed by atoms with Crippen LogP contribution >= 0.6 is 0 Å². The zero-order valence-electron chi connectivity index (χ0n) is 15.8. The van der Waals surface area contributed by atoms with Crippen molar-refractivity contribution >= 4 is 23.3 Å². The van der Waals surface area contributed by atoms with E-state index >= 15 is 0 Å². The van der Waals surface area contributed by atoms with Crippen LogP contribution in [0.5, 0.6) is 0 Å². The summed E-state index contributed by atoms with van der Waals surface area (Å²) in [6, 6.07) is 8.76. The van der Waals surface area contributed by atoms with Crippen LogP contribution in [-0.2, 0) is 17.8 Å². The molecule has 0 spiro atoms. The number of carbonyl (C=O) groups is 2. The number of hydrogen-bond donors (Lipinski definition) is 3. The minimum Gasteiger partial charge on any atom is -0.341 e. The maximum Gasteiger partial charge on any atom is 0.318 e. The number of aromatic nitrogens is 2. The summed E-state index contributed by atoms with van der Waals surface area (Å²) in [5.74, 6) is -0.115. The lowest BCUT2D eigenvalue weighted by atomic mass is 10.1. The molecular formula is C19H24N6O2. The zero-order chi connectivity index (χ0) is 19.8. The van der Waals surface area contributed by atoms with Gasteiger partial charge in [-0.3, -0.25) is 9.48 Å². The first-order chi connectivity index (χ1) is 12.9. The molecule has 0 aliphatic carbocycles. The zero-order valence-corrected chi connectivity index (χ0v) is 15.8. The van der Waals surface area contributed by atoms with E-state index in [1.165, 1.54) is 7.05 Å². The van der Waals surface area contributed by atoms with Gasteiger partial charge in [-0.05, 0) is 44.0 Å². The molecule has 8 nitrogen and oxygen atoms in total. The van der Waals surface area contributed by atoms with Crippen molar-refractivity contribution in [3.05, 3.63) is 41.2 Å². The van der Waals surface area contributed by atoms with Gasteiger partial charge in [0.2, 0.25) is 5.91 Å². The smallest absolute Gasteiger partial charge is 0.318 e. The summed E-state index contributed by atoms with van der Waals surface area (Å²) >= 11 is 0. The second-order valence-electron chi connectivity index (χ2n) is 6.11. The van der Waals surface area contributed by atoms with Crippen LogP contribution in [0.1, 0.15) is 29.8 Å². The summed E-state index contributed by atoms with van der Waals surface area (Å²) in [7, 11) is 1.54. The van der Waals surface area contributed by atoms with Gasteiger partial charge in [0.05, 0.1) is 24.7 Å². The van der Waals surface area contributed by atoms with Crippen LogP contribution in [0.4, 0.5) is 16.2 Å². The predicted molar refractivity (Wildman–Crippen MR) is 103 cm³/mol. The molecule has 1 heterocycles. The van der Waals surface area contributed by atoms with Gasteiger partial charge in [0, 0.05) is 30.5 Å². The van der Waals surface area contributed by atoms with Crippen LogP contribution in [0.3, 0.4) is 0 Å². The lowest BCUT2D eigenvalue weighted by Crippen LogP contribution is -2.24. The Kier molecular flexibility index (Phi) is 6.94. The SMILES string of the molecule is CNC(=O)Nc1cccc(NC(=O)CCc2c(C)nn(CCC#N)c2C)c1. The van der Waals surface area contributed by atoms with Gasteiger partial charge in [0.1, 0.15) is 0 Å². The third-order valence-corrected chi connectivity index (χ3v) is 4.20. The molecule has 0 atom stereocenters. The summed E-state index contributed by atoms with van der Waals surface area (Å²) in [5, 5.41) is 21.1. The molecule has 0 saturated heterocycles. The van der Waals surface area contributed by atoms with Crippen molar-refractivity contribution in [2.45, 2.75) is 39.7 Å². The molecule has 0 radical (unpaired) electrons. The molecular weight excluding hydrogens is 344 g/mol. The van der Waals surface area contributed by atoms with E-state index < -0.39 is 0 Å². The number of anilines is 2. The molecule has 2 aromatic rings. The molecule has 1 aromatic heterocycles. The number of urea groups is 1. The standard InChI is InChI=1S/C19H24N6O2/c1-13-17(14(2)25(24-13)11-5-10-20)8-9-18(26)22-15-6-4-7-16(12-15)23-19(27)21-3/h4,6-7,12H,5,8-9,11H2,1-3H3,(H,22,26)(H2,21,23,27). The minimum absolute atomic E-state index is 0.115. The monoisotopic (exact) mass is 368 g/mol. The molecule has 3 N–H and O–H groups in total. The normalized spacial score (nSPS) is 10.1. The lowest BCUT2D eigenvalue weighted by Gasteiger charge is -2.09. The first-order valence-electron chi connectivity index (χ1n) is 8.73. The fourth-order valence-electron chi connectivity index (χ4n) is 2.80. The van der Waals surface area contributed by atoms with E-state index in [0.29, 0.717) is 37.2 Å². The highest BCUT2D eigenvalue weighted by Gasteiger charge is 2.13. The van der Waals surface area contributed by atoms with Gasteiger partial charge in [-0.25, -0.2) is 4.79 Å². The predicted octanol–water partition coefficient (Wildman–Crippen LogP) is 2.74. The first kappa shape index (κ1) is 20.0. The summed E-state index contributed by atoms with van der Waals surface area (Å²) < 4.78 is 1.82. The van der Waals surface area contributed by atoms with Crippen molar-refractivity contribution in [3.63, 3.8) is 0 Å². The Bertz CT molecular complexity index is 866. The molecule has 2 rings (SSSR count). The van der Waals surface area contributed by atoms with E-state index in [-0.39, 0.29) is 11.9 Å². The number of benzene rings is 1. The number of nitriles is 1. The van der Waals surface area contributed by atoms with Crippen molar-refractivity contribution in [1.29, 1.82) is 5.26 Å². The van der Waals surface area contributed by atoms with E-state index in [1.54, 1.807) is 24.3 Å². The summed E-state index contributed by atoms with van der Waals surface area (Å²) in [4.78, 5) is 23.7. The molecule has 27 heavy (non-hydrogen) atoms. The van der Waals surface area contributed by atoms with Crippen LogP contribution in [0.2, 0.25) is 0 Å². The average molecular weight is 368 g/mol. The third-order valence-electron chi connectivity index (χ3n) is 4.20. The molecule has 3 amide bonds. The van der Waals surface area contributed by atoms with Gasteiger partial charge < -0.3 is 16.0 Å². The van der Waals surface area contributed by atoms with Crippen LogP contribution in [0.25, 0.3) is 0 Å². The van der Waals surface area contributed by atoms with E-state index in [1.807, 2.05) is 18.5 Å². The Morgan fingerprint density at radius 1 is 1.22 bits per heavy atom. The van der Waals surface area contributed by atoms with Crippen molar-refractivity contribution in [2.24, 2.45) is 0 Å². The maximum absolute atomic E-state index is 12.3. The van der Waals surface area contributed by atoms with Gasteiger partial charge in [0.15, 0.2) is 0 Å². The van der Waals surface area contributed by atoms with Gasteiger partial charge in [-0.15, -0.1) is 0 Å². The summed E-state index contributed by atoms with van der Waals surface area (Å²) in [5.41, 5.74) is 4.13. The van der Waals surface area contributed by atoms with Crippen molar-refractivity contribution in [3.8, 4) is 6.07 Å².